The van der Waals surface area contributed by atoms with Gasteiger partial charge in [-0.25, -0.2) is 4.68 Å². The van der Waals surface area contributed by atoms with Crippen molar-refractivity contribution < 1.29 is 0 Å². The molecule has 13 heavy (non-hydrogen) atoms. The van der Waals surface area contributed by atoms with Gasteiger partial charge < -0.3 is 5.32 Å². The smallest absolute Gasteiger partial charge is 0.144 e. The zero-order valence-electron chi connectivity index (χ0n) is 7.63. The predicted molar refractivity (Wildman–Crippen MR) is 51.9 cm³/mol. The third kappa shape index (κ3) is 1.77. The monoisotopic (exact) mass is 200 g/mol. The number of hydrogen-bond acceptors (Lipinski definition) is 3. The van der Waals surface area contributed by atoms with Crippen LogP contribution in [0.3, 0.4) is 0 Å². The lowest BCUT2D eigenvalue weighted by atomic mass is 10.1. The highest BCUT2D eigenvalue weighted by Crippen LogP contribution is 2.46. The van der Waals surface area contributed by atoms with Gasteiger partial charge in [-0.3, -0.25) is 0 Å². The van der Waals surface area contributed by atoms with Gasteiger partial charge in [0.2, 0.25) is 0 Å². The molecule has 1 aliphatic carbocycles. The van der Waals surface area contributed by atoms with Crippen molar-refractivity contribution in [3.63, 3.8) is 0 Å². The van der Waals surface area contributed by atoms with Crippen molar-refractivity contribution in [2.24, 2.45) is 12.5 Å². The van der Waals surface area contributed by atoms with E-state index >= 15 is 0 Å². The molecule has 0 aromatic carbocycles. The molecule has 0 bridgehead atoms. The normalized spacial score (nSPS) is 18.6. The van der Waals surface area contributed by atoms with Crippen LogP contribution >= 0.6 is 11.6 Å². The van der Waals surface area contributed by atoms with Crippen LogP contribution in [0, 0.1) is 5.41 Å². The molecule has 1 saturated carbocycles. The predicted octanol–water partition coefficient (Wildman–Crippen LogP) is 1.25. The number of halogens is 1. The van der Waals surface area contributed by atoms with Crippen molar-refractivity contribution >= 4 is 17.4 Å². The molecule has 0 atom stereocenters. The molecule has 1 heterocycles. The molecule has 72 valence electrons. The molecule has 4 nitrogen and oxygen atoms in total. The maximum atomic E-state index is 5.86. The van der Waals surface area contributed by atoms with E-state index in [2.05, 4.69) is 15.6 Å². The van der Waals surface area contributed by atoms with Gasteiger partial charge in [0.1, 0.15) is 5.82 Å². The summed E-state index contributed by atoms with van der Waals surface area (Å²) in [5.41, 5.74) is 0.339. The Morgan fingerprint density at radius 2 is 2.46 bits per heavy atom. The van der Waals surface area contributed by atoms with Gasteiger partial charge in [0, 0.05) is 24.9 Å². The van der Waals surface area contributed by atoms with Crippen molar-refractivity contribution in [2.75, 3.05) is 17.7 Å². The molecule has 1 aromatic heterocycles. The summed E-state index contributed by atoms with van der Waals surface area (Å²) < 4.78 is 1.73. The average Bonchev–Trinajstić information content (AvgIpc) is 2.82. The van der Waals surface area contributed by atoms with E-state index in [4.69, 9.17) is 11.6 Å². The maximum Gasteiger partial charge on any atom is 0.144 e. The summed E-state index contributed by atoms with van der Waals surface area (Å²) in [5, 5.41) is 10.9. The molecule has 5 heteroatoms. The molecule has 0 spiro atoms. The minimum Gasteiger partial charge on any atom is -0.368 e. The quantitative estimate of drug-likeness (QED) is 0.744. The van der Waals surface area contributed by atoms with Gasteiger partial charge >= 0.3 is 0 Å². The van der Waals surface area contributed by atoms with Gasteiger partial charge in [0.05, 0.1) is 6.20 Å². The minimum absolute atomic E-state index is 0.339. The summed E-state index contributed by atoms with van der Waals surface area (Å²) in [6.45, 7) is 0.928. The van der Waals surface area contributed by atoms with Gasteiger partial charge in [-0.1, -0.05) is 5.21 Å². The van der Waals surface area contributed by atoms with Crippen molar-refractivity contribution in [2.45, 2.75) is 12.8 Å². The first-order chi connectivity index (χ1) is 6.26. The van der Waals surface area contributed by atoms with E-state index in [0.717, 1.165) is 18.2 Å². The van der Waals surface area contributed by atoms with Crippen LogP contribution in [0.5, 0.6) is 0 Å². The van der Waals surface area contributed by atoms with Crippen LogP contribution in [0.25, 0.3) is 0 Å². The second kappa shape index (κ2) is 3.18. The zero-order chi connectivity index (χ0) is 9.31. The van der Waals surface area contributed by atoms with Crippen molar-refractivity contribution in [1.29, 1.82) is 0 Å². The highest BCUT2D eigenvalue weighted by atomic mass is 35.5. The molecule has 1 aromatic rings. The van der Waals surface area contributed by atoms with E-state index in [1.165, 1.54) is 12.8 Å². The average molecular weight is 201 g/mol. The Labute approximate surface area is 82.3 Å². The summed E-state index contributed by atoms with van der Waals surface area (Å²) >= 11 is 5.86. The number of nitrogens with one attached hydrogen (secondary N) is 1. The largest absolute Gasteiger partial charge is 0.368 e. The first-order valence-corrected chi connectivity index (χ1v) is 4.94. The van der Waals surface area contributed by atoms with E-state index < -0.39 is 0 Å². The Morgan fingerprint density at radius 3 is 2.92 bits per heavy atom. The molecular weight excluding hydrogens is 188 g/mol. The molecular formula is C8H13ClN4. The molecule has 1 N–H and O–H groups in total. The van der Waals surface area contributed by atoms with Crippen LogP contribution in [-0.2, 0) is 7.05 Å². The van der Waals surface area contributed by atoms with Crippen LogP contribution < -0.4 is 5.32 Å². The number of aromatic nitrogens is 3. The summed E-state index contributed by atoms with van der Waals surface area (Å²) in [6, 6.07) is 0. The lowest BCUT2D eigenvalue weighted by molar-refractivity contribution is 0.611. The summed E-state index contributed by atoms with van der Waals surface area (Å²) in [7, 11) is 1.87. The number of anilines is 1. The maximum absolute atomic E-state index is 5.86. The summed E-state index contributed by atoms with van der Waals surface area (Å²) in [5.74, 6) is 1.70. The lowest BCUT2D eigenvalue weighted by Gasteiger charge is -2.12. The van der Waals surface area contributed by atoms with Gasteiger partial charge in [0.15, 0.2) is 0 Å². The molecule has 0 unspecified atom stereocenters. The van der Waals surface area contributed by atoms with E-state index in [1.54, 1.807) is 10.9 Å². The van der Waals surface area contributed by atoms with Crippen molar-refractivity contribution in [1.82, 2.24) is 15.0 Å². The van der Waals surface area contributed by atoms with Gasteiger partial charge in [-0.05, 0) is 12.8 Å². The van der Waals surface area contributed by atoms with Gasteiger partial charge in [-0.2, -0.15) is 0 Å². The van der Waals surface area contributed by atoms with E-state index in [9.17, 15) is 0 Å². The molecule has 0 aliphatic heterocycles. The second-order valence-electron chi connectivity index (χ2n) is 3.73. The van der Waals surface area contributed by atoms with E-state index in [1.807, 2.05) is 7.05 Å². The minimum atomic E-state index is 0.339. The first kappa shape index (κ1) is 8.81. The Hall–Kier alpha value is -0.770. The number of aryl methyl sites for hydroxylation is 1. The van der Waals surface area contributed by atoms with Crippen molar-refractivity contribution in [3.8, 4) is 0 Å². The molecule has 1 aliphatic rings. The Bertz CT molecular complexity index is 292. The van der Waals surface area contributed by atoms with Crippen LogP contribution in [0.2, 0.25) is 0 Å². The lowest BCUT2D eigenvalue weighted by Crippen LogP contribution is -2.18. The molecule has 0 amide bonds. The Morgan fingerprint density at radius 1 is 1.69 bits per heavy atom. The molecule has 1 fully saturated rings. The van der Waals surface area contributed by atoms with Gasteiger partial charge in [-0.15, -0.1) is 16.7 Å². The van der Waals surface area contributed by atoms with Crippen LogP contribution in [0.4, 0.5) is 5.82 Å². The number of rotatable bonds is 4. The summed E-state index contributed by atoms with van der Waals surface area (Å²) in [4.78, 5) is 0. The van der Waals surface area contributed by atoms with Gasteiger partial charge in [0.25, 0.3) is 0 Å². The fourth-order valence-electron chi connectivity index (χ4n) is 1.26. The SMILES string of the molecule is Cn1nncc1NCC1(CCl)CC1. The standard InChI is InChI=1S/C8H13ClN4/c1-13-7(4-11-12-13)10-6-8(5-9)2-3-8/h4,10H,2-3,5-6H2,1H3. The third-order valence-corrected chi connectivity index (χ3v) is 3.17. The Kier molecular flexibility index (Phi) is 2.15. The van der Waals surface area contributed by atoms with Crippen molar-refractivity contribution in [3.05, 3.63) is 6.20 Å². The van der Waals surface area contributed by atoms with Crippen LogP contribution in [0.15, 0.2) is 6.20 Å². The van der Waals surface area contributed by atoms with Crippen LogP contribution in [-0.4, -0.2) is 27.4 Å². The fraction of sp³-hybridized carbons (Fsp3) is 0.750. The number of hydrogen-bond donors (Lipinski definition) is 1. The zero-order valence-corrected chi connectivity index (χ0v) is 8.38. The summed E-state index contributed by atoms with van der Waals surface area (Å²) in [6.07, 6.45) is 4.19. The third-order valence-electron chi connectivity index (χ3n) is 2.60. The second-order valence-corrected chi connectivity index (χ2v) is 4.00. The topological polar surface area (TPSA) is 42.7 Å². The molecule has 0 saturated heterocycles. The van der Waals surface area contributed by atoms with E-state index in [0.29, 0.717) is 5.41 Å². The molecule has 0 radical (unpaired) electrons. The first-order valence-electron chi connectivity index (χ1n) is 4.40. The highest BCUT2D eigenvalue weighted by Gasteiger charge is 2.41. The van der Waals surface area contributed by atoms with E-state index in [-0.39, 0.29) is 0 Å². The molecule has 2 rings (SSSR count). The number of alkyl halides is 1. The number of nitrogens with zero attached hydrogens (tertiary/aromatic N) is 3. The Balaban J connectivity index is 1.90. The fourth-order valence-corrected chi connectivity index (χ4v) is 1.62. The van der Waals surface area contributed by atoms with Crippen LogP contribution in [0.1, 0.15) is 12.8 Å². The highest BCUT2D eigenvalue weighted by molar-refractivity contribution is 6.18.